The first-order valence-corrected chi connectivity index (χ1v) is 12.0. The lowest BCUT2D eigenvalue weighted by Gasteiger charge is -2.28. The maximum Gasteiger partial charge on any atom is 0.261 e. The quantitative estimate of drug-likeness (QED) is 0.388. The van der Waals surface area contributed by atoms with Gasteiger partial charge in [-0.2, -0.15) is 5.10 Å². The number of aromatic nitrogens is 2. The van der Waals surface area contributed by atoms with Crippen molar-refractivity contribution in [3.05, 3.63) is 76.7 Å². The maximum absolute atomic E-state index is 12.8. The molecule has 2 aromatic heterocycles. The highest BCUT2D eigenvalue weighted by Crippen LogP contribution is 2.30. The molecule has 0 spiro atoms. The third kappa shape index (κ3) is 4.66. The molecule has 9 heteroatoms. The van der Waals surface area contributed by atoms with Crippen molar-refractivity contribution in [3.8, 4) is 0 Å². The van der Waals surface area contributed by atoms with E-state index in [-0.39, 0.29) is 17.9 Å². The van der Waals surface area contributed by atoms with Crippen molar-refractivity contribution in [1.29, 1.82) is 0 Å². The Hall–Kier alpha value is -3.69. The van der Waals surface area contributed by atoms with Crippen LogP contribution in [0.3, 0.4) is 0 Å². The lowest BCUT2D eigenvalue weighted by molar-refractivity contribution is 0.0943. The summed E-state index contributed by atoms with van der Waals surface area (Å²) in [4.78, 5) is 29.1. The number of hydrogen-bond donors (Lipinski definition) is 3. The molecule has 0 unspecified atom stereocenters. The van der Waals surface area contributed by atoms with Gasteiger partial charge in [0.05, 0.1) is 29.5 Å². The van der Waals surface area contributed by atoms with Crippen LogP contribution < -0.4 is 15.5 Å². The van der Waals surface area contributed by atoms with Crippen LogP contribution in [0.25, 0.3) is 10.2 Å². The first-order chi connectivity index (χ1) is 16.6. The molecule has 0 saturated carbocycles. The van der Waals surface area contributed by atoms with Crippen LogP contribution >= 0.6 is 11.3 Å². The van der Waals surface area contributed by atoms with Crippen molar-refractivity contribution in [3.63, 3.8) is 0 Å². The Morgan fingerprint density at radius 3 is 2.53 bits per heavy atom. The number of ether oxygens (including phenoxy) is 1. The van der Waals surface area contributed by atoms with Gasteiger partial charge in [0, 0.05) is 24.3 Å². The zero-order chi connectivity index (χ0) is 23.5. The molecule has 0 radical (unpaired) electrons. The van der Waals surface area contributed by atoms with Crippen molar-refractivity contribution in [2.24, 2.45) is 0 Å². The SMILES string of the molecule is C[C@H](NC(=O)c1cc2c(NC(=O)c3ccc(N4CCOCC4)cc3)n[nH]c2s1)c1ccccc1. The Labute approximate surface area is 200 Å². The molecule has 8 nitrogen and oxygen atoms in total. The Kier molecular flexibility index (Phi) is 6.29. The standard InChI is InChI=1S/C25H25N5O3S/c1-16(17-5-3-2-4-6-17)26-24(32)21-15-20-22(28-29-25(20)34-21)27-23(31)18-7-9-19(10-8-18)30-11-13-33-14-12-30/h2-10,15-16H,11-14H2,1H3,(H,26,32)(H2,27,28,29,31)/t16-/m0/s1. The zero-order valence-corrected chi connectivity index (χ0v) is 19.5. The lowest BCUT2D eigenvalue weighted by Crippen LogP contribution is -2.36. The number of amides is 2. The predicted octanol–water partition coefficient (Wildman–Crippen LogP) is 4.20. The normalized spacial score (nSPS) is 14.7. The summed E-state index contributed by atoms with van der Waals surface area (Å²) in [6.45, 7) is 5.06. The summed E-state index contributed by atoms with van der Waals surface area (Å²) in [7, 11) is 0. The summed E-state index contributed by atoms with van der Waals surface area (Å²) < 4.78 is 5.39. The molecule has 5 rings (SSSR count). The van der Waals surface area contributed by atoms with Crippen molar-refractivity contribution >= 4 is 44.9 Å². The summed E-state index contributed by atoms with van der Waals surface area (Å²) in [5.74, 6) is -0.0116. The number of carbonyl (C=O) groups excluding carboxylic acids is 2. The maximum atomic E-state index is 12.8. The van der Waals surface area contributed by atoms with E-state index in [9.17, 15) is 9.59 Å². The number of aromatic amines is 1. The third-order valence-corrected chi connectivity index (χ3v) is 6.90. The van der Waals surface area contributed by atoms with Gasteiger partial charge in [-0.05, 0) is 42.8 Å². The number of nitrogens with one attached hydrogen (secondary N) is 3. The molecule has 34 heavy (non-hydrogen) atoms. The van der Waals surface area contributed by atoms with Crippen molar-refractivity contribution < 1.29 is 14.3 Å². The van der Waals surface area contributed by atoms with Crippen LogP contribution in [0.5, 0.6) is 0 Å². The molecule has 1 aliphatic heterocycles. The smallest absolute Gasteiger partial charge is 0.261 e. The van der Waals surface area contributed by atoms with Crippen molar-refractivity contribution in [1.82, 2.24) is 15.5 Å². The molecule has 3 N–H and O–H groups in total. The van der Waals surface area contributed by atoms with E-state index >= 15 is 0 Å². The highest BCUT2D eigenvalue weighted by atomic mass is 32.1. The number of fused-ring (bicyclic) bond motifs is 1. The summed E-state index contributed by atoms with van der Waals surface area (Å²) in [6, 6.07) is 18.9. The van der Waals surface area contributed by atoms with E-state index < -0.39 is 0 Å². The zero-order valence-electron chi connectivity index (χ0n) is 18.7. The fourth-order valence-electron chi connectivity index (χ4n) is 3.94. The number of hydrogen-bond acceptors (Lipinski definition) is 6. The predicted molar refractivity (Wildman–Crippen MR) is 134 cm³/mol. The van der Waals surface area contributed by atoms with Crippen LogP contribution in [0.4, 0.5) is 11.5 Å². The summed E-state index contributed by atoms with van der Waals surface area (Å²) >= 11 is 1.31. The second-order valence-electron chi connectivity index (χ2n) is 8.13. The van der Waals surface area contributed by atoms with E-state index in [1.165, 1.54) is 11.3 Å². The lowest BCUT2D eigenvalue weighted by atomic mass is 10.1. The van der Waals surface area contributed by atoms with Crippen LogP contribution in [0.15, 0.2) is 60.7 Å². The van der Waals surface area contributed by atoms with E-state index in [4.69, 9.17) is 4.74 Å². The van der Waals surface area contributed by atoms with Crippen molar-refractivity contribution in [2.75, 3.05) is 36.5 Å². The highest BCUT2D eigenvalue weighted by molar-refractivity contribution is 7.20. The van der Waals surface area contributed by atoms with Gasteiger partial charge in [-0.1, -0.05) is 30.3 Å². The average molecular weight is 476 g/mol. The highest BCUT2D eigenvalue weighted by Gasteiger charge is 2.19. The van der Waals surface area contributed by atoms with Gasteiger partial charge in [-0.15, -0.1) is 11.3 Å². The molecule has 3 heterocycles. The molecular weight excluding hydrogens is 450 g/mol. The molecule has 174 valence electrons. The summed E-state index contributed by atoms with van der Waals surface area (Å²) in [6.07, 6.45) is 0. The van der Waals surface area contributed by atoms with E-state index in [1.807, 2.05) is 49.4 Å². The van der Waals surface area contributed by atoms with Crippen LogP contribution in [0.2, 0.25) is 0 Å². The molecule has 0 bridgehead atoms. The number of anilines is 2. The first-order valence-electron chi connectivity index (χ1n) is 11.2. The minimum absolute atomic E-state index is 0.119. The molecule has 2 aromatic carbocycles. The fraction of sp³-hybridized carbons (Fsp3) is 0.240. The molecule has 1 aliphatic rings. The van der Waals surface area contributed by atoms with Gasteiger partial charge < -0.3 is 20.3 Å². The number of rotatable bonds is 6. The number of nitrogens with zero attached hydrogens (tertiary/aromatic N) is 2. The van der Waals surface area contributed by atoms with Gasteiger partial charge in [0.2, 0.25) is 0 Å². The number of H-pyrrole nitrogens is 1. The first kappa shape index (κ1) is 22.1. The van der Waals surface area contributed by atoms with Gasteiger partial charge in [0.15, 0.2) is 5.82 Å². The largest absolute Gasteiger partial charge is 0.378 e. The molecule has 4 aromatic rings. The Morgan fingerprint density at radius 2 is 1.79 bits per heavy atom. The number of benzene rings is 2. The molecule has 0 aliphatic carbocycles. The van der Waals surface area contributed by atoms with Crippen LogP contribution in [-0.2, 0) is 4.74 Å². The Bertz CT molecular complexity index is 1290. The molecule has 1 fully saturated rings. The van der Waals surface area contributed by atoms with Crippen LogP contribution in [0.1, 0.15) is 38.6 Å². The Morgan fingerprint density at radius 1 is 1.06 bits per heavy atom. The number of thiophene rings is 1. The van der Waals surface area contributed by atoms with Crippen LogP contribution in [0, 0.1) is 0 Å². The van der Waals surface area contributed by atoms with E-state index in [2.05, 4.69) is 25.7 Å². The molecular formula is C25H25N5O3S. The van der Waals surface area contributed by atoms with E-state index in [1.54, 1.807) is 18.2 Å². The topological polar surface area (TPSA) is 99.3 Å². The minimum atomic E-state index is -0.253. The monoisotopic (exact) mass is 475 g/mol. The second kappa shape index (κ2) is 9.66. The minimum Gasteiger partial charge on any atom is -0.378 e. The van der Waals surface area contributed by atoms with Crippen molar-refractivity contribution in [2.45, 2.75) is 13.0 Å². The molecule has 1 saturated heterocycles. The average Bonchev–Trinajstić information content (AvgIpc) is 3.47. The second-order valence-corrected chi connectivity index (χ2v) is 9.18. The number of morpholine rings is 1. The van der Waals surface area contributed by atoms with E-state index in [0.717, 1.165) is 29.2 Å². The summed E-state index contributed by atoms with van der Waals surface area (Å²) in [5, 5.41) is 13.7. The number of carbonyl (C=O) groups is 2. The van der Waals surface area contributed by atoms with Gasteiger partial charge in [-0.3, -0.25) is 14.7 Å². The molecule has 2 amide bonds. The fourth-order valence-corrected chi connectivity index (χ4v) is 4.85. The third-order valence-electron chi connectivity index (χ3n) is 5.87. The summed E-state index contributed by atoms with van der Waals surface area (Å²) in [5.41, 5.74) is 2.64. The van der Waals surface area contributed by atoms with Gasteiger partial charge >= 0.3 is 0 Å². The van der Waals surface area contributed by atoms with Gasteiger partial charge in [-0.25, -0.2) is 0 Å². The van der Waals surface area contributed by atoms with Gasteiger partial charge in [0.25, 0.3) is 11.8 Å². The van der Waals surface area contributed by atoms with Crippen LogP contribution in [-0.4, -0.2) is 48.3 Å². The Balaban J connectivity index is 1.26. The van der Waals surface area contributed by atoms with E-state index in [0.29, 0.717) is 34.9 Å². The van der Waals surface area contributed by atoms with Gasteiger partial charge in [0.1, 0.15) is 4.83 Å². The molecule has 1 atom stereocenters.